The van der Waals surface area contributed by atoms with Crippen molar-refractivity contribution in [2.45, 2.75) is 0 Å². The average Bonchev–Trinajstić information content (AvgIpc) is 2.16. The third-order valence-electron chi connectivity index (χ3n) is 1.83. The van der Waals surface area contributed by atoms with Gasteiger partial charge in [-0.15, -0.1) is 0 Å². The number of aliphatic imine (C=N–C) groups is 1. The van der Waals surface area contributed by atoms with Gasteiger partial charge in [-0.3, -0.25) is 4.79 Å². The number of halogens is 1. The van der Waals surface area contributed by atoms with Gasteiger partial charge in [0.25, 0.3) is 5.91 Å². The van der Waals surface area contributed by atoms with Crippen LogP contribution in [0.4, 0.5) is 5.69 Å². The molecule has 0 spiro atoms. The summed E-state index contributed by atoms with van der Waals surface area (Å²) in [5.74, 6) is -0.318. The summed E-state index contributed by atoms with van der Waals surface area (Å²) < 4.78 is 0.737. The Kier molecular flexibility index (Phi) is 3.41. The van der Waals surface area contributed by atoms with Crippen LogP contribution in [-0.4, -0.2) is 26.7 Å². The van der Waals surface area contributed by atoms with Gasteiger partial charge >= 0.3 is 0 Å². The number of rotatable bonds is 2. The van der Waals surface area contributed by atoms with E-state index in [1.165, 1.54) is 0 Å². The van der Waals surface area contributed by atoms with Crippen molar-refractivity contribution in [3.63, 3.8) is 0 Å². The SMILES string of the molecule is C=NC(=O)c1c(Br)cccc1N(C)C. The number of hydrogen-bond donors (Lipinski definition) is 0. The number of carbonyl (C=O) groups excluding carboxylic acids is 1. The van der Waals surface area contributed by atoms with Gasteiger partial charge in [0.05, 0.1) is 11.3 Å². The largest absolute Gasteiger partial charge is 0.377 e. The van der Waals surface area contributed by atoms with Crippen LogP contribution in [0.5, 0.6) is 0 Å². The molecule has 0 fully saturated rings. The van der Waals surface area contributed by atoms with Crippen LogP contribution in [0, 0.1) is 0 Å². The van der Waals surface area contributed by atoms with E-state index in [9.17, 15) is 4.79 Å². The summed E-state index contributed by atoms with van der Waals surface area (Å²) in [5.41, 5.74) is 1.38. The van der Waals surface area contributed by atoms with Crippen molar-refractivity contribution in [3.05, 3.63) is 28.2 Å². The van der Waals surface area contributed by atoms with Gasteiger partial charge in [-0.1, -0.05) is 6.07 Å². The summed E-state index contributed by atoms with van der Waals surface area (Å²) in [6.45, 7) is 3.24. The van der Waals surface area contributed by atoms with Crippen LogP contribution in [0.2, 0.25) is 0 Å². The Morgan fingerprint density at radius 3 is 2.64 bits per heavy atom. The van der Waals surface area contributed by atoms with Gasteiger partial charge in [-0.05, 0) is 34.8 Å². The van der Waals surface area contributed by atoms with Gasteiger partial charge in [0.1, 0.15) is 0 Å². The highest BCUT2D eigenvalue weighted by Crippen LogP contribution is 2.27. The lowest BCUT2D eigenvalue weighted by Gasteiger charge is -2.16. The molecule has 14 heavy (non-hydrogen) atoms. The van der Waals surface area contributed by atoms with E-state index < -0.39 is 0 Å². The molecule has 0 heterocycles. The standard InChI is InChI=1S/C10H11BrN2O/c1-12-10(14)9-7(11)5-4-6-8(9)13(2)3/h4-6H,1H2,2-3H3. The number of amides is 1. The van der Waals surface area contributed by atoms with Crippen LogP contribution in [0.3, 0.4) is 0 Å². The maximum Gasteiger partial charge on any atom is 0.279 e. The summed E-state index contributed by atoms with van der Waals surface area (Å²) in [6, 6.07) is 5.55. The number of carbonyl (C=O) groups is 1. The first kappa shape index (κ1) is 10.9. The van der Waals surface area contributed by atoms with Crippen molar-refractivity contribution in [2.75, 3.05) is 19.0 Å². The molecule has 0 atom stereocenters. The molecule has 0 aliphatic heterocycles. The Hall–Kier alpha value is -1.16. The minimum atomic E-state index is -0.318. The molecule has 4 heteroatoms. The van der Waals surface area contributed by atoms with E-state index in [0.29, 0.717) is 5.56 Å². The van der Waals surface area contributed by atoms with Crippen LogP contribution in [0.25, 0.3) is 0 Å². The minimum absolute atomic E-state index is 0.318. The second kappa shape index (κ2) is 4.37. The highest BCUT2D eigenvalue weighted by atomic mass is 79.9. The van der Waals surface area contributed by atoms with Crippen LogP contribution in [0.1, 0.15) is 10.4 Å². The predicted octanol–water partition coefficient (Wildman–Crippen LogP) is 2.36. The first-order valence-electron chi connectivity index (χ1n) is 4.04. The molecule has 0 N–H and O–H groups in total. The molecule has 74 valence electrons. The molecule has 1 aromatic carbocycles. The third-order valence-corrected chi connectivity index (χ3v) is 2.49. The molecule has 0 bridgehead atoms. The van der Waals surface area contributed by atoms with Gasteiger partial charge in [-0.2, -0.15) is 0 Å². The zero-order valence-corrected chi connectivity index (χ0v) is 9.71. The Labute approximate surface area is 91.6 Å². The molecular weight excluding hydrogens is 244 g/mol. The van der Waals surface area contributed by atoms with E-state index in [1.54, 1.807) is 0 Å². The molecule has 0 saturated heterocycles. The quantitative estimate of drug-likeness (QED) is 0.760. The predicted molar refractivity (Wildman–Crippen MR) is 62.3 cm³/mol. The van der Waals surface area contributed by atoms with Crippen LogP contribution >= 0.6 is 15.9 Å². The molecule has 1 amide bonds. The number of hydrogen-bond acceptors (Lipinski definition) is 2. The smallest absolute Gasteiger partial charge is 0.279 e. The summed E-state index contributed by atoms with van der Waals surface area (Å²) in [7, 11) is 3.75. The summed E-state index contributed by atoms with van der Waals surface area (Å²) in [4.78, 5) is 16.8. The maximum atomic E-state index is 11.5. The van der Waals surface area contributed by atoms with Crippen LogP contribution in [0.15, 0.2) is 27.7 Å². The maximum absolute atomic E-state index is 11.5. The van der Waals surface area contributed by atoms with Crippen LogP contribution in [-0.2, 0) is 0 Å². The van der Waals surface area contributed by atoms with Crippen molar-refractivity contribution in [1.29, 1.82) is 0 Å². The second-order valence-electron chi connectivity index (χ2n) is 2.99. The van der Waals surface area contributed by atoms with E-state index in [2.05, 4.69) is 27.6 Å². The summed E-state index contributed by atoms with van der Waals surface area (Å²) in [6.07, 6.45) is 0. The van der Waals surface area contributed by atoms with Gasteiger partial charge in [0.15, 0.2) is 0 Å². The monoisotopic (exact) mass is 254 g/mol. The lowest BCUT2D eigenvalue weighted by atomic mass is 10.1. The zero-order chi connectivity index (χ0) is 10.7. The van der Waals surface area contributed by atoms with Crippen molar-refractivity contribution < 1.29 is 4.79 Å². The Morgan fingerprint density at radius 2 is 2.14 bits per heavy atom. The molecule has 0 aromatic heterocycles. The van der Waals surface area contributed by atoms with E-state index in [4.69, 9.17) is 0 Å². The van der Waals surface area contributed by atoms with Crippen molar-refractivity contribution in [3.8, 4) is 0 Å². The molecule has 3 nitrogen and oxygen atoms in total. The molecule has 0 aliphatic rings. The Morgan fingerprint density at radius 1 is 1.50 bits per heavy atom. The Bertz CT molecular complexity index is 374. The fourth-order valence-electron chi connectivity index (χ4n) is 1.18. The number of anilines is 1. The van der Waals surface area contributed by atoms with Gasteiger partial charge in [0, 0.05) is 18.6 Å². The fourth-order valence-corrected chi connectivity index (χ4v) is 1.70. The van der Waals surface area contributed by atoms with E-state index >= 15 is 0 Å². The first-order valence-corrected chi connectivity index (χ1v) is 4.84. The lowest BCUT2D eigenvalue weighted by molar-refractivity contribution is 0.100. The van der Waals surface area contributed by atoms with E-state index in [-0.39, 0.29) is 5.91 Å². The third kappa shape index (κ3) is 2.01. The minimum Gasteiger partial charge on any atom is -0.377 e. The molecule has 1 aromatic rings. The van der Waals surface area contributed by atoms with Gasteiger partial charge in [-0.25, -0.2) is 4.99 Å². The first-order chi connectivity index (χ1) is 6.57. The molecule has 0 saturated carbocycles. The second-order valence-corrected chi connectivity index (χ2v) is 3.85. The number of benzene rings is 1. The zero-order valence-electron chi connectivity index (χ0n) is 8.12. The molecule has 0 aliphatic carbocycles. The highest BCUT2D eigenvalue weighted by molar-refractivity contribution is 9.10. The van der Waals surface area contributed by atoms with Gasteiger partial charge in [0.2, 0.25) is 0 Å². The lowest BCUT2D eigenvalue weighted by Crippen LogP contribution is -2.13. The van der Waals surface area contributed by atoms with Crippen LogP contribution < -0.4 is 4.90 Å². The van der Waals surface area contributed by atoms with Crippen molar-refractivity contribution in [2.24, 2.45) is 4.99 Å². The molecule has 1 rings (SSSR count). The Balaban J connectivity index is 3.36. The van der Waals surface area contributed by atoms with Crippen molar-refractivity contribution in [1.82, 2.24) is 0 Å². The molecule has 0 radical (unpaired) electrons. The van der Waals surface area contributed by atoms with E-state index in [0.717, 1.165) is 10.2 Å². The topological polar surface area (TPSA) is 32.7 Å². The normalized spacial score (nSPS) is 9.64. The molecule has 0 unspecified atom stereocenters. The highest BCUT2D eigenvalue weighted by Gasteiger charge is 2.14. The fraction of sp³-hybridized carbons (Fsp3) is 0.200. The summed E-state index contributed by atoms with van der Waals surface area (Å²) >= 11 is 3.32. The van der Waals surface area contributed by atoms with Crippen molar-refractivity contribution >= 4 is 34.2 Å². The average molecular weight is 255 g/mol. The van der Waals surface area contributed by atoms with E-state index in [1.807, 2.05) is 37.2 Å². The molecular formula is C10H11BrN2O. The van der Waals surface area contributed by atoms with Gasteiger partial charge < -0.3 is 4.90 Å². The number of nitrogens with zero attached hydrogens (tertiary/aromatic N) is 2. The summed E-state index contributed by atoms with van der Waals surface area (Å²) in [5, 5.41) is 0.